The molecule has 0 aliphatic carbocycles. The van der Waals surface area contributed by atoms with Gasteiger partial charge in [-0.15, -0.1) is 0 Å². The third kappa shape index (κ3) is 5.62. The third-order valence-corrected chi connectivity index (χ3v) is 5.02. The fourth-order valence-corrected chi connectivity index (χ4v) is 3.44. The van der Waals surface area contributed by atoms with E-state index in [-0.39, 0.29) is 11.5 Å². The summed E-state index contributed by atoms with van der Waals surface area (Å²) >= 11 is 6.55. The standard InChI is InChI=1S/C20H16ClN3O5S/c21-13-3-5-14(6-4-13)23-18(26)10-24-19(27)16(30-20(24)28)9-12-1-7-15(8-2-12)29-11-17(22)25/h1-9H,10-11H2,(H2,22,25)(H,23,26)/b16-9-. The van der Waals surface area contributed by atoms with E-state index in [1.54, 1.807) is 54.6 Å². The second kappa shape index (κ2) is 9.47. The molecular formula is C20H16ClN3O5S. The second-order valence-corrected chi connectivity index (χ2v) is 7.58. The maximum absolute atomic E-state index is 12.5. The van der Waals surface area contributed by atoms with Crippen LogP contribution in [0.4, 0.5) is 10.5 Å². The maximum Gasteiger partial charge on any atom is 0.294 e. The molecule has 8 nitrogen and oxygen atoms in total. The Kier molecular flexibility index (Phi) is 6.76. The van der Waals surface area contributed by atoms with E-state index in [1.807, 2.05) is 0 Å². The number of nitrogens with two attached hydrogens (primary N) is 1. The Morgan fingerprint density at radius 2 is 1.77 bits per heavy atom. The number of amides is 4. The zero-order chi connectivity index (χ0) is 21.7. The number of hydrogen-bond acceptors (Lipinski definition) is 6. The first-order chi connectivity index (χ1) is 14.3. The minimum Gasteiger partial charge on any atom is -0.484 e. The van der Waals surface area contributed by atoms with Crippen molar-refractivity contribution in [1.82, 2.24) is 4.90 Å². The molecule has 154 valence electrons. The average Bonchev–Trinajstić information content (AvgIpc) is 2.96. The molecule has 0 aromatic heterocycles. The quantitative estimate of drug-likeness (QED) is 0.632. The highest BCUT2D eigenvalue weighted by Gasteiger charge is 2.36. The van der Waals surface area contributed by atoms with Crippen molar-refractivity contribution >= 4 is 58.1 Å². The molecule has 3 rings (SSSR count). The van der Waals surface area contributed by atoms with Gasteiger partial charge in [0.1, 0.15) is 12.3 Å². The van der Waals surface area contributed by atoms with Crippen LogP contribution in [0.3, 0.4) is 0 Å². The van der Waals surface area contributed by atoms with Crippen molar-refractivity contribution in [2.75, 3.05) is 18.5 Å². The number of hydrogen-bond donors (Lipinski definition) is 2. The van der Waals surface area contributed by atoms with E-state index in [4.69, 9.17) is 22.1 Å². The molecule has 0 spiro atoms. The zero-order valence-electron chi connectivity index (χ0n) is 15.5. The zero-order valence-corrected chi connectivity index (χ0v) is 17.0. The van der Waals surface area contributed by atoms with E-state index in [0.717, 1.165) is 16.7 Å². The van der Waals surface area contributed by atoms with Gasteiger partial charge in [-0.1, -0.05) is 23.7 Å². The first-order valence-electron chi connectivity index (χ1n) is 8.64. The normalized spacial score (nSPS) is 14.8. The van der Waals surface area contributed by atoms with Gasteiger partial charge in [0.15, 0.2) is 6.61 Å². The summed E-state index contributed by atoms with van der Waals surface area (Å²) in [5.41, 5.74) is 6.18. The van der Waals surface area contributed by atoms with Gasteiger partial charge >= 0.3 is 0 Å². The maximum atomic E-state index is 12.5. The van der Waals surface area contributed by atoms with Crippen molar-refractivity contribution in [3.8, 4) is 5.75 Å². The average molecular weight is 446 g/mol. The fraction of sp³-hybridized carbons (Fsp3) is 0.100. The summed E-state index contributed by atoms with van der Waals surface area (Å²) in [5, 5.41) is 2.60. The molecule has 1 heterocycles. The summed E-state index contributed by atoms with van der Waals surface area (Å²) in [4.78, 5) is 48.7. The number of primary amides is 1. The van der Waals surface area contributed by atoms with E-state index < -0.39 is 29.5 Å². The molecule has 0 radical (unpaired) electrons. The summed E-state index contributed by atoms with van der Waals surface area (Å²) in [6.07, 6.45) is 1.54. The molecule has 4 amide bonds. The van der Waals surface area contributed by atoms with Crippen LogP contribution < -0.4 is 15.8 Å². The SMILES string of the molecule is NC(=O)COc1ccc(/C=C2\SC(=O)N(CC(=O)Nc3ccc(Cl)cc3)C2=O)cc1. The van der Waals surface area contributed by atoms with Gasteiger partial charge < -0.3 is 15.8 Å². The Morgan fingerprint density at radius 3 is 2.40 bits per heavy atom. The van der Waals surface area contributed by atoms with Crippen LogP contribution in [-0.4, -0.2) is 41.0 Å². The van der Waals surface area contributed by atoms with Crippen molar-refractivity contribution in [3.05, 3.63) is 64.0 Å². The van der Waals surface area contributed by atoms with Crippen LogP contribution in [0.5, 0.6) is 5.75 Å². The molecule has 0 saturated carbocycles. The van der Waals surface area contributed by atoms with Crippen LogP contribution in [0.1, 0.15) is 5.56 Å². The molecule has 30 heavy (non-hydrogen) atoms. The number of nitrogens with one attached hydrogen (secondary N) is 1. The minimum absolute atomic E-state index is 0.199. The Bertz CT molecular complexity index is 1020. The van der Waals surface area contributed by atoms with E-state index in [9.17, 15) is 19.2 Å². The van der Waals surface area contributed by atoms with Gasteiger partial charge in [0.05, 0.1) is 4.91 Å². The van der Waals surface area contributed by atoms with E-state index in [1.165, 1.54) is 0 Å². The Balaban J connectivity index is 1.62. The van der Waals surface area contributed by atoms with Crippen molar-refractivity contribution in [2.45, 2.75) is 0 Å². The molecule has 1 aliphatic heterocycles. The lowest BCUT2D eigenvalue weighted by Crippen LogP contribution is -2.36. The topological polar surface area (TPSA) is 119 Å². The number of carbonyl (C=O) groups is 4. The highest BCUT2D eigenvalue weighted by molar-refractivity contribution is 8.18. The molecule has 10 heteroatoms. The van der Waals surface area contributed by atoms with E-state index in [2.05, 4.69) is 5.32 Å². The Hall–Kier alpha value is -3.30. The number of carbonyl (C=O) groups excluding carboxylic acids is 4. The number of ether oxygens (including phenoxy) is 1. The van der Waals surface area contributed by atoms with Gasteiger partial charge in [-0.2, -0.15) is 0 Å². The van der Waals surface area contributed by atoms with Crippen LogP contribution >= 0.6 is 23.4 Å². The van der Waals surface area contributed by atoms with Gasteiger partial charge in [0, 0.05) is 10.7 Å². The molecular weight excluding hydrogens is 430 g/mol. The predicted octanol–water partition coefficient (Wildman–Crippen LogP) is 2.88. The summed E-state index contributed by atoms with van der Waals surface area (Å²) in [7, 11) is 0. The third-order valence-electron chi connectivity index (χ3n) is 3.86. The molecule has 2 aromatic rings. The number of anilines is 1. The Morgan fingerprint density at radius 1 is 1.10 bits per heavy atom. The van der Waals surface area contributed by atoms with Crippen LogP contribution in [0, 0.1) is 0 Å². The highest BCUT2D eigenvalue weighted by Crippen LogP contribution is 2.32. The number of imide groups is 1. The first kappa shape index (κ1) is 21.4. The monoisotopic (exact) mass is 445 g/mol. The molecule has 3 N–H and O–H groups in total. The summed E-state index contributed by atoms with van der Waals surface area (Å²) in [6.45, 7) is -0.638. The molecule has 2 aromatic carbocycles. The molecule has 0 atom stereocenters. The molecule has 0 unspecified atom stereocenters. The second-order valence-electron chi connectivity index (χ2n) is 6.15. The number of benzene rings is 2. The summed E-state index contributed by atoms with van der Waals surface area (Å²) < 4.78 is 5.17. The van der Waals surface area contributed by atoms with Crippen LogP contribution in [-0.2, 0) is 14.4 Å². The predicted molar refractivity (Wildman–Crippen MR) is 114 cm³/mol. The highest BCUT2D eigenvalue weighted by atomic mass is 35.5. The largest absolute Gasteiger partial charge is 0.484 e. The lowest BCUT2D eigenvalue weighted by molar-refractivity contribution is -0.127. The lowest BCUT2D eigenvalue weighted by atomic mass is 10.2. The summed E-state index contributed by atoms with van der Waals surface area (Å²) in [5.74, 6) is -1.20. The molecule has 1 saturated heterocycles. The van der Waals surface area contributed by atoms with E-state index in [0.29, 0.717) is 22.0 Å². The molecule has 1 fully saturated rings. The number of thioether (sulfide) groups is 1. The van der Waals surface area contributed by atoms with E-state index >= 15 is 0 Å². The number of rotatable bonds is 7. The molecule has 0 bridgehead atoms. The Labute approximate surface area is 181 Å². The van der Waals surface area contributed by atoms with Crippen molar-refractivity contribution in [1.29, 1.82) is 0 Å². The van der Waals surface area contributed by atoms with Gasteiger partial charge in [0.2, 0.25) is 5.91 Å². The van der Waals surface area contributed by atoms with Crippen LogP contribution in [0.15, 0.2) is 53.4 Å². The van der Waals surface area contributed by atoms with Gasteiger partial charge in [-0.3, -0.25) is 24.1 Å². The molecule has 1 aliphatic rings. The number of halogens is 1. The lowest BCUT2D eigenvalue weighted by Gasteiger charge is -2.12. The van der Waals surface area contributed by atoms with Crippen molar-refractivity contribution < 1.29 is 23.9 Å². The van der Waals surface area contributed by atoms with Crippen LogP contribution in [0.2, 0.25) is 5.02 Å². The van der Waals surface area contributed by atoms with Gasteiger partial charge in [0.25, 0.3) is 17.1 Å². The number of nitrogens with zero attached hydrogens (tertiary/aromatic N) is 1. The fourth-order valence-electron chi connectivity index (χ4n) is 2.48. The van der Waals surface area contributed by atoms with Crippen molar-refractivity contribution in [2.24, 2.45) is 5.73 Å². The van der Waals surface area contributed by atoms with Crippen molar-refractivity contribution in [3.63, 3.8) is 0 Å². The summed E-state index contributed by atoms with van der Waals surface area (Å²) in [6, 6.07) is 13.0. The smallest absolute Gasteiger partial charge is 0.294 e. The first-order valence-corrected chi connectivity index (χ1v) is 9.83. The van der Waals surface area contributed by atoms with Gasteiger partial charge in [-0.25, -0.2) is 0 Å². The van der Waals surface area contributed by atoms with Gasteiger partial charge in [-0.05, 0) is 59.8 Å². The van der Waals surface area contributed by atoms with Crippen LogP contribution in [0.25, 0.3) is 6.08 Å². The minimum atomic E-state index is -0.590.